The number of anilines is 1. The Morgan fingerprint density at radius 2 is 2.16 bits per heavy atom. The molecule has 0 amide bonds. The highest BCUT2D eigenvalue weighted by Gasteiger charge is 2.22. The molecule has 19 heavy (non-hydrogen) atoms. The van der Waals surface area contributed by atoms with Crippen LogP contribution in [0.15, 0.2) is 34.9 Å². The smallest absolute Gasteiger partial charge is 0.304 e. The SMILES string of the molecule is CNc1ncc(C(CC(=O)O)c2ccc(Cl)cc2)o1. The monoisotopic (exact) mass is 280 g/mol. The number of nitrogens with one attached hydrogen (secondary N) is 1. The van der Waals surface area contributed by atoms with E-state index in [-0.39, 0.29) is 12.3 Å². The zero-order valence-corrected chi connectivity index (χ0v) is 11.0. The van der Waals surface area contributed by atoms with Gasteiger partial charge in [-0.1, -0.05) is 23.7 Å². The second kappa shape index (κ2) is 5.75. The van der Waals surface area contributed by atoms with Crippen molar-refractivity contribution in [2.75, 3.05) is 12.4 Å². The van der Waals surface area contributed by atoms with Gasteiger partial charge in [-0.15, -0.1) is 0 Å². The highest BCUT2D eigenvalue weighted by Crippen LogP contribution is 2.30. The molecule has 0 aliphatic heterocycles. The van der Waals surface area contributed by atoms with Gasteiger partial charge in [0.2, 0.25) is 0 Å². The van der Waals surface area contributed by atoms with Gasteiger partial charge in [0.25, 0.3) is 6.01 Å². The summed E-state index contributed by atoms with van der Waals surface area (Å²) < 4.78 is 5.46. The standard InChI is InChI=1S/C13H13ClN2O3/c1-15-13-16-7-11(19-13)10(6-12(17)18)8-2-4-9(14)5-3-8/h2-5,7,10H,6H2,1H3,(H,15,16)(H,17,18). The number of benzene rings is 1. The number of oxazole rings is 1. The lowest BCUT2D eigenvalue weighted by Crippen LogP contribution is -2.07. The fourth-order valence-corrected chi connectivity index (χ4v) is 1.94. The van der Waals surface area contributed by atoms with Crippen LogP contribution in [0.2, 0.25) is 5.02 Å². The third-order valence-electron chi connectivity index (χ3n) is 2.73. The second-order valence-electron chi connectivity index (χ2n) is 4.02. The van der Waals surface area contributed by atoms with E-state index in [0.29, 0.717) is 16.8 Å². The maximum Gasteiger partial charge on any atom is 0.304 e. The second-order valence-corrected chi connectivity index (χ2v) is 4.46. The topological polar surface area (TPSA) is 75.4 Å². The first-order chi connectivity index (χ1) is 9.10. The summed E-state index contributed by atoms with van der Waals surface area (Å²) in [7, 11) is 1.68. The molecule has 2 aromatic rings. The molecule has 0 fully saturated rings. The van der Waals surface area contributed by atoms with E-state index >= 15 is 0 Å². The minimum atomic E-state index is -0.901. The van der Waals surface area contributed by atoms with Crippen molar-refractivity contribution in [3.05, 3.63) is 46.8 Å². The fraction of sp³-hybridized carbons (Fsp3) is 0.231. The molecule has 1 aromatic heterocycles. The van der Waals surface area contributed by atoms with Crippen LogP contribution in [0.3, 0.4) is 0 Å². The van der Waals surface area contributed by atoms with Crippen molar-refractivity contribution < 1.29 is 14.3 Å². The summed E-state index contributed by atoms with van der Waals surface area (Å²) >= 11 is 5.83. The molecule has 0 spiro atoms. The largest absolute Gasteiger partial charge is 0.481 e. The number of aliphatic carboxylic acids is 1. The average molecular weight is 281 g/mol. The van der Waals surface area contributed by atoms with Crippen LogP contribution in [0, 0.1) is 0 Å². The summed E-state index contributed by atoms with van der Waals surface area (Å²) in [4.78, 5) is 15.0. The van der Waals surface area contributed by atoms with E-state index in [1.54, 1.807) is 31.3 Å². The number of aromatic nitrogens is 1. The quantitative estimate of drug-likeness (QED) is 0.880. The van der Waals surface area contributed by atoms with E-state index in [2.05, 4.69) is 10.3 Å². The molecule has 6 heteroatoms. The lowest BCUT2D eigenvalue weighted by atomic mass is 9.94. The van der Waals surface area contributed by atoms with Crippen molar-refractivity contribution in [3.63, 3.8) is 0 Å². The van der Waals surface area contributed by atoms with E-state index in [1.807, 2.05) is 0 Å². The van der Waals surface area contributed by atoms with Crippen LogP contribution < -0.4 is 5.32 Å². The van der Waals surface area contributed by atoms with Gasteiger partial charge in [0.15, 0.2) is 0 Å². The Hall–Kier alpha value is -2.01. The zero-order chi connectivity index (χ0) is 13.8. The van der Waals surface area contributed by atoms with Gasteiger partial charge in [0, 0.05) is 12.1 Å². The summed E-state index contributed by atoms with van der Waals surface area (Å²) in [5.41, 5.74) is 0.825. The summed E-state index contributed by atoms with van der Waals surface area (Å²) in [5.74, 6) is -0.777. The van der Waals surface area contributed by atoms with Gasteiger partial charge in [-0.05, 0) is 17.7 Å². The van der Waals surface area contributed by atoms with Gasteiger partial charge in [-0.2, -0.15) is 0 Å². The highest BCUT2D eigenvalue weighted by molar-refractivity contribution is 6.30. The molecule has 5 nitrogen and oxygen atoms in total. The summed E-state index contributed by atoms with van der Waals surface area (Å²) in [6.45, 7) is 0. The summed E-state index contributed by atoms with van der Waals surface area (Å²) in [6.07, 6.45) is 1.47. The average Bonchev–Trinajstić information content (AvgIpc) is 2.85. The van der Waals surface area contributed by atoms with Crippen LogP contribution >= 0.6 is 11.6 Å². The van der Waals surface area contributed by atoms with Crippen molar-refractivity contribution >= 4 is 23.6 Å². The lowest BCUT2D eigenvalue weighted by molar-refractivity contribution is -0.137. The zero-order valence-electron chi connectivity index (χ0n) is 10.3. The molecular weight excluding hydrogens is 268 g/mol. The van der Waals surface area contributed by atoms with Gasteiger partial charge < -0.3 is 14.8 Å². The molecule has 1 unspecified atom stereocenters. The van der Waals surface area contributed by atoms with E-state index in [9.17, 15) is 4.79 Å². The maximum atomic E-state index is 11.0. The van der Waals surface area contributed by atoms with E-state index in [0.717, 1.165) is 5.56 Å². The number of carboxylic acids is 1. The van der Waals surface area contributed by atoms with Crippen LogP contribution in [0.4, 0.5) is 6.01 Å². The van der Waals surface area contributed by atoms with Crippen molar-refractivity contribution in [2.24, 2.45) is 0 Å². The van der Waals surface area contributed by atoms with Crippen molar-refractivity contribution in [1.82, 2.24) is 4.98 Å². The van der Waals surface area contributed by atoms with Crippen LogP contribution in [-0.4, -0.2) is 23.1 Å². The van der Waals surface area contributed by atoms with Crippen molar-refractivity contribution in [2.45, 2.75) is 12.3 Å². The summed E-state index contributed by atoms with van der Waals surface area (Å²) in [5, 5.41) is 12.4. The van der Waals surface area contributed by atoms with Crippen molar-refractivity contribution in [3.8, 4) is 0 Å². The first-order valence-electron chi connectivity index (χ1n) is 5.71. The number of hydrogen-bond donors (Lipinski definition) is 2. The van der Waals surface area contributed by atoms with Gasteiger partial charge in [0.1, 0.15) is 5.76 Å². The number of hydrogen-bond acceptors (Lipinski definition) is 4. The number of carbonyl (C=O) groups is 1. The summed E-state index contributed by atoms with van der Waals surface area (Å²) in [6, 6.07) is 7.39. The fourth-order valence-electron chi connectivity index (χ4n) is 1.82. The molecule has 0 bridgehead atoms. The van der Waals surface area contributed by atoms with Gasteiger partial charge in [0.05, 0.1) is 18.5 Å². The molecular formula is C13H13ClN2O3. The highest BCUT2D eigenvalue weighted by atomic mass is 35.5. The van der Waals surface area contributed by atoms with Crippen LogP contribution in [0.1, 0.15) is 23.7 Å². The Balaban J connectivity index is 2.34. The van der Waals surface area contributed by atoms with Crippen molar-refractivity contribution in [1.29, 1.82) is 0 Å². The molecule has 0 saturated heterocycles. The van der Waals surface area contributed by atoms with Crippen LogP contribution in [0.5, 0.6) is 0 Å². The van der Waals surface area contributed by atoms with Gasteiger partial charge in [-0.25, -0.2) is 4.98 Å². The predicted octanol–water partition coefficient (Wildman–Crippen LogP) is 2.98. The molecule has 0 radical (unpaired) electrons. The van der Waals surface area contributed by atoms with Gasteiger partial charge in [-0.3, -0.25) is 4.79 Å². The third kappa shape index (κ3) is 3.26. The van der Waals surface area contributed by atoms with E-state index < -0.39 is 5.97 Å². The Bertz CT molecular complexity index is 566. The third-order valence-corrected chi connectivity index (χ3v) is 2.98. The predicted molar refractivity (Wildman–Crippen MR) is 71.6 cm³/mol. The van der Waals surface area contributed by atoms with Crippen LogP contribution in [0.25, 0.3) is 0 Å². The molecule has 100 valence electrons. The first-order valence-corrected chi connectivity index (χ1v) is 6.08. The molecule has 0 aliphatic rings. The first kappa shape index (κ1) is 13.4. The number of rotatable bonds is 5. The minimum Gasteiger partial charge on any atom is -0.481 e. The molecule has 0 aliphatic carbocycles. The molecule has 2 rings (SSSR count). The lowest BCUT2D eigenvalue weighted by Gasteiger charge is -2.12. The Morgan fingerprint density at radius 1 is 1.47 bits per heavy atom. The number of halogens is 1. The van der Waals surface area contributed by atoms with E-state index in [1.165, 1.54) is 6.20 Å². The normalized spacial score (nSPS) is 12.1. The Kier molecular flexibility index (Phi) is 4.06. The number of nitrogens with zero attached hydrogens (tertiary/aromatic N) is 1. The molecule has 1 atom stereocenters. The minimum absolute atomic E-state index is 0.0695. The molecule has 2 N–H and O–H groups in total. The molecule has 1 aromatic carbocycles. The Labute approximate surface area is 115 Å². The molecule has 1 heterocycles. The van der Waals surface area contributed by atoms with Crippen LogP contribution in [-0.2, 0) is 4.79 Å². The maximum absolute atomic E-state index is 11.0. The molecule has 0 saturated carbocycles. The van der Waals surface area contributed by atoms with Gasteiger partial charge >= 0.3 is 5.97 Å². The number of carboxylic acid groups (broad SMARTS) is 1. The van der Waals surface area contributed by atoms with E-state index in [4.69, 9.17) is 21.1 Å². The Morgan fingerprint density at radius 3 is 2.68 bits per heavy atom.